The molecule has 0 aliphatic carbocycles. The lowest BCUT2D eigenvalue weighted by molar-refractivity contribution is -0.143. The van der Waals surface area contributed by atoms with Gasteiger partial charge in [-0.05, 0) is 18.4 Å². The highest BCUT2D eigenvalue weighted by atomic mass is 32.2. The smallest absolute Gasteiger partial charge is 0.362 e. The monoisotopic (exact) mass is 420 g/mol. The Labute approximate surface area is 159 Å². The average molecular weight is 420 g/mol. The number of thiophene rings is 1. The minimum atomic E-state index is -4.68. The van der Waals surface area contributed by atoms with Gasteiger partial charge in [-0.25, -0.2) is 4.31 Å². The number of aliphatic hydroxyl groups excluding tert-OH is 1. The van der Waals surface area contributed by atoms with Crippen LogP contribution in [0.2, 0.25) is 0 Å². The molecule has 11 nitrogen and oxygen atoms in total. The van der Waals surface area contributed by atoms with E-state index in [1.54, 1.807) is 17.5 Å². The number of oxime groups is 1. The standard InChI is InChI=1S/C14H20N4O7S2/c1-8-11(14(21)18(8)27(22,23)24)16-13(20)12(10-3-2-6-26-10)17-25-5-4-9(15)7-19/h2-3,6,8-9,11,19H,4-5,7,15H2,1H3,(H,16,20)(H,22,23,24)/b17-12+/t8-,9?,11?/m0/s1. The van der Waals surface area contributed by atoms with Crippen molar-refractivity contribution in [3.8, 4) is 0 Å². The minimum absolute atomic E-state index is 0.0686. The Bertz CT molecular complexity index is 809. The molecule has 1 aliphatic rings. The van der Waals surface area contributed by atoms with Gasteiger partial charge in [-0.1, -0.05) is 11.2 Å². The molecule has 0 saturated carbocycles. The van der Waals surface area contributed by atoms with Gasteiger partial charge in [0.15, 0.2) is 5.71 Å². The van der Waals surface area contributed by atoms with E-state index < -0.39 is 40.2 Å². The zero-order valence-corrected chi connectivity index (χ0v) is 15.9. The third-order valence-electron chi connectivity index (χ3n) is 3.81. The zero-order valence-electron chi connectivity index (χ0n) is 14.3. The van der Waals surface area contributed by atoms with Crippen molar-refractivity contribution < 1.29 is 32.5 Å². The van der Waals surface area contributed by atoms with Crippen molar-refractivity contribution in [3.05, 3.63) is 22.4 Å². The van der Waals surface area contributed by atoms with Crippen molar-refractivity contribution in [2.24, 2.45) is 10.9 Å². The minimum Gasteiger partial charge on any atom is -0.395 e. The molecule has 1 fully saturated rings. The molecule has 27 heavy (non-hydrogen) atoms. The molecule has 2 heterocycles. The molecule has 1 aromatic heterocycles. The fourth-order valence-corrected chi connectivity index (χ4v) is 3.92. The highest BCUT2D eigenvalue weighted by Crippen LogP contribution is 2.23. The van der Waals surface area contributed by atoms with Crippen LogP contribution in [0.25, 0.3) is 0 Å². The van der Waals surface area contributed by atoms with Crippen molar-refractivity contribution in [3.63, 3.8) is 0 Å². The van der Waals surface area contributed by atoms with Crippen LogP contribution in [-0.4, -0.2) is 71.2 Å². The Morgan fingerprint density at radius 2 is 2.26 bits per heavy atom. The molecule has 2 unspecified atom stereocenters. The summed E-state index contributed by atoms with van der Waals surface area (Å²) in [5.74, 6) is -1.68. The first kappa shape index (κ1) is 21.2. The molecule has 0 aromatic carbocycles. The van der Waals surface area contributed by atoms with E-state index in [2.05, 4.69) is 10.5 Å². The number of rotatable bonds is 9. The van der Waals surface area contributed by atoms with Gasteiger partial charge in [0.1, 0.15) is 12.6 Å². The highest BCUT2D eigenvalue weighted by molar-refractivity contribution is 7.84. The molecule has 0 bridgehead atoms. The average Bonchev–Trinajstić information content (AvgIpc) is 3.12. The Balaban J connectivity index is 2.06. The third-order valence-corrected chi connectivity index (χ3v) is 5.70. The highest BCUT2D eigenvalue weighted by Gasteiger charge is 2.51. The van der Waals surface area contributed by atoms with E-state index in [4.69, 9.17) is 20.2 Å². The van der Waals surface area contributed by atoms with Gasteiger partial charge in [-0.15, -0.1) is 11.3 Å². The van der Waals surface area contributed by atoms with Gasteiger partial charge in [0.2, 0.25) is 0 Å². The molecule has 2 amide bonds. The lowest BCUT2D eigenvalue weighted by Gasteiger charge is -2.42. The number of nitrogens with zero attached hydrogens (tertiary/aromatic N) is 2. The van der Waals surface area contributed by atoms with Crippen LogP contribution in [0, 0.1) is 0 Å². The molecular weight excluding hydrogens is 400 g/mol. The lowest BCUT2D eigenvalue weighted by atomic mass is 10.0. The molecule has 2 rings (SSSR count). The normalized spacial score (nSPS) is 21.6. The molecule has 1 aliphatic heterocycles. The number of β-lactam (4-membered cyclic amide) rings is 1. The van der Waals surface area contributed by atoms with Crippen LogP contribution >= 0.6 is 11.3 Å². The predicted octanol–water partition coefficient (Wildman–Crippen LogP) is -1.30. The molecule has 1 saturated heterocycles. The number of nitrogens with two attached hydrogens (primary N) is 1. The summed E-state index contributed by atoms with van der Waals surface area (Å²) in [7, 11) is -4.68. The molecule has 5 N–H and O–H groups in total. The summed E-state index contributed by atoms with van der Waals surface area (Å²) in [6.07, 6.45) is 0.320. The number of aliphatic hydroxyl groups is 1. The van der Waals surface area contributed by atoms with E-state index in [-0.39, 0.29) is 23.2 Å². The second kappa shape index (κ2) is 8.75. The van der Waals surface area contributed by atoms with Crippen LogP contribution in [-0.2, 0) is 24.7 Å². The first-order valence-corrected chi connectivity index (χ1v) is 10.2. The maximum absolute atomic E-state index is 12.5. The zero-order chi connectivity index (χ0) is 20.2. The van der Waals surface area contributed by atoms with Crippen molar-refractivity contribution >= 4 is 39.2 Å². The number of nitrogens with one attached hydrogen (secondary N) is 1. The molecule has 3 atom stereocenters. The van der Waals surface area contributed by atoms with E-state index in [0.717, 1.165) is 0 Å². The molecule has 150 valence electrons. The van der Waals surface area contributed by atoms with E-state index in [1.807, 2.05) is 0 Å². The summed E-state index contributed by atoms with van der Waals surface area (Å²) in [6, 6.07) is 0.792. The van der Waals surface area contributed by atoms with Crippen LogP contribution in [0.1, 0.15) is 18.2 Å². The largest absolute Gasteiger partial charge is 0.395 e. The molecular formula is C14H20N4O7S2. The summed E-state index contributed by atoms with van der Waals surface area (Å²) < 4.78 is 31.5. The Hall–Kier alpha value is -2.06. The van der Waals surface area contributed by atoms with Gasteiger partial charge in [-0.3, -0.25) is 14.1 Å². The number of amides is 2. The molecule has 0 radical (unpaired) electrons. The fourth-order valence-electron chi connectivity index (χ4n) is 2.33. The van der Waals surface area contributed by atoms with Crippen LogP contribution in [0.5, 0.6) is 0 Å². The maximum atomic E-state index is 12.5. The molecule has 0 spiro atoms. The van der Waals surface area contributed by atoms with Gasteiger partial charge in [0.25, 0.3) is 11.8 Å². The number of carbonyl (C=O) groups excluding carboxylic acids is 2. The summed E-state index contributed by atoms with van der Waals surface area (Å²) in [4.78, 5) is 30.0. The quantitative estimate of drug-likeness (QED) is 0.125. The van der Waals surface area contributed by atoms with Gasteiger partial charge >= 0.3 is 10.3 Å². The summed E-state index contributed by atoms with van der Waals surface area (Å²) >= 11 is 1.22. The number of hydrogen-bond donors (Lipinski definition) is 4. The first-order valence-electron chi connectivity index (χ1n) is 7.88. The Morgan fingerprint density at radius 3 is 2.78 bits per heavy atom. The second-order valence-corrected chi connectivity index (χ2v) is 8.02. The summed E-state index contributed by atoms with van der Waals surface area (Å²) in [6.45, 7) is 1.23. The number of carbonyl (C=O) groups is 2. The lowest BCUT2D eigenvalue weighted by Crippen LogP contribution is -2.71. The second-order valence-electron chi connectivity index (χ2n) is 5.79. The maximum Gasteiger partial charge on any atom is 0.362 e. The third kappa shape index (κ3) is 5.01. The summed E-state index contributed by atoms with van der Waals surface area (Å²) in [5.41, 5.74) is 5.46. The Morgan fingerprint density at radius 1 is 1.56 bits per heavy atom. The van der Waals surface area contributed by atoms with Gasteiger partial charge in [-0.2, -0.15) is 8.42 Å². The van der Waals surface area contributed by atoms with E-state index in [0.29, 0.717) is 11.3 Å². The van der Waals surface area contributed by atoms with Crippen molar-refractivity contribution in [2.45, 2.75) is 31.5 Å². The fraction of sp³-hybridized carbons (Fsp3) is 0.500. The summed E-state index contributed by atoms with van der Waals surface area (Å²) in [5, 5.41) is 16.8. The predicted molar refractivity (Wildman–Crippen MR) is 96.3 cm³/mol. The van der Waals surface area contributed by atoms with E-state index in [1.165, 1.54) is 18.3 Å². The van der Waals surface area contributed by atoms with Crippen LogP contribution in [0.3, 0.4) is 0 Å². The van der Waals surface area contributed by atoms with E-state index in [9.17, 15) is 18.0 Å². The van der Waals surface area contributed by atoms with Gasteiger partial charge in [0, 0.05) is 12.5 Å². The van der Waals surface area contributed by atoms with Crippen LogP contribution in [0.15, 0.2) is 22.7 Å². The van der Waals surface area contributed by atoms with Crippen molar-refractivity contribution in [2.75, 3.05) is 13.2 Å². The topological polar surface area (TPSA) is 172 Å². The van der Waals surface area contributed by atoms with Crippen molar-refractivity contribution in [1.29, 1.82) is 0 Å². The van der Waals surface area contributed by atoms with Crippen molar-refractivity contribution in [1.82, 2.24) is 9.62 Å². The Kier molecular flexibility index (Phi) is 6.89. The van der Waals surface area contributed by atoms with Crippen LogP contribution in [0.4, 0.5) is 0 Å². The molecule has 13 heteroatoms. The SMILES string of the molecule is C[C@H]1C(NC(=O)/C(=N/OCCC(N)CO)c2cccs2)C(=O)N1S(=O)(=O)O. The van der Waals surface area contributed by atoms with Gasteiger partial charge < -0.3 is 21.0 Å². The van der Waals surface area contributed by atoms with Crippen LogP contribution < -0.4 is 11.1 Å². The first-order chi connectivity index (χ1) is 12.7. The van der Waals surface area contributed by atoms with Gasteiger partial charge in [0.05, 0.1) is 17.5 Å². The van der Waals surface area contributed by atoms with E-state index >= 15 is 0 Å². The number of hydrogen-bond acceptors (Lipinski definition) is 9. The molecule has 1 aromatic rings.